The highest BCUT2D eigenvalue weighted by atomic mass is 125. The molecule has 0 heterocycles. The van der Waals surface area contributed by atoms with E-state index in [2.05, 4.69) is 50.3 Å². The molecule has 0 unspecified atom stereocenters. The van der Waals surface area contributed by atoms with Crippen LogP contribution in [0.1, 0.15) is 12.5 Å². The van der Waals surface area contributed by atoms with Crippen LogP contribution < -0.4 is 10.1 Å². The van der Waals surface area contributed by atoms with Crippen LogP contribution in [0, 0.1) is 10.1 Å². The molecule has 2 aromatic rings. The summed E-state index contributed by atoms with van der Waals surface area (Å²) < 4.78 is 44.5. The van der Waals surface area contributed by atoms with Crippen LogP contribution in [0.4, 0.5) is 30.2 Å². The molecule has 32 heavy (non-hydrogen) atoms. The number of aliphatic imine (C=N–C) groups is 1. The third-order valence-electron chi connectivity index (χ3n) is 3.78. The molecule has 0 bridgehead atoms. The van der Waals surface area contributed by atoms with Crippen LogP contribution in [0.2, 0.25) is 0 Å². The number of nitrogens with zero attached hydrogens (tertiary/aromatic N) is 2. The molecule has 0 aliphatic rings. The summed E-state index contributed by atoms with van der Waals surface area (Å²) in [5.41, 5.74) is -4.66. The smallest absolute Gasteiger partial charge is 0.423 e. The first kappa shape index (κ1) is 27.4. The first-order valence-corrected chi connectivity index (χ1v) is 11.1. The fraction of sp³-hybridized carbons (Fsp3) is 0.263. The molecule has 0 aliphatic heterocycles. The van der Waals surface area contributed by atoms with Gasteiger partial charge in [-0.15, -0.1) is 0 Å². The molecule has 2 rings (SSSR count). The van der Waals surface area contributed by atoms with Crippen molar-refractivity contribution in [3.63, 3.8) is 0 Å². The maximum absolute atomic E-state index is 13.0. The summed E-state index contributed by atoms with van der Waals surface area (Å²) in [5.74, 6) is -0.771. The Hall–Kier alpha value is -2.61. The molecule has 0 saturated heterocycles. The predicted molar refractivity (Wildman–Crippen MR) is 124 cm³/mol. The van der Waals surface area contributed by atoms with Crippen molar-refractivity contribution in [2.24, 2.45) is 4.99 Å². The van der Waals surface area contributed by atoms with E-state index in [9.17, 15) is 33.2 Å². The van der Waals surface area contributed by atoms with E-state index in [0.717, 1.165) is 13.0 Å². The molecule has 0 spiro atoms. The van der Waals surface area contributed by atoms with Gasteiger partial charge in [0.05, 0.1) is 15.8 Å². The van der Waals surface area contributed by atoms with Crippen molar-refractivity contribution in [1.29, 1.82) is 0 Å². The molecule has 8 nitrogen and oxygen atoms in total. The molecule has 2 aromatic carbocycles. The SMILES string of the molecule is C[125I].C[C@](O)(COc1ccc(N=C=S)cc1)C(=O)Nc1ccc([N+](=O)[O-])c(C(F)(F)F)c1. The molecule has 1 amide bonds. The Morgan fingerprint density at radius 3 is 2.38 bits per heavy atom. The highest BCUT2D eigenvalue weighted by molar-refractivity contribution is 14.1. The maximum Gasteiger partial charge on any atom is 0.423 e. The molecule has 2 N–H and O–H groups in total. The molecule has 13 heteroatoms. The Bertz CT molecular complexity index is 1010. The van der Waals surface area contributed by atoms with E-state index in [1.807, 2.05) is 4.93 Å². The first-order chi connectivity index (χ1) is 14.9. The highest BCUT2D eigenvalue weighted by Gasteiger charge is 2.39. The van der Waals surface area contributed by atoms with Crippen molar-refractivity contribution in [2.75, 3.05) is 16.9 Å². The van der Waals surface area contributed by atoms with Crippen LogP contribution >= 0.6 is 34.8 Å². The number of anilines is 1. The number of carbonyl (C=O) groups excluding carboxylic acids is 1. The lowest BCUT2D eigenvalue weighted by atomic mass is 10.1. The largest absolute Gasteiger partial charge is 0.490 e. The molecular formula is C19H17F3IN3O5S. The zero-order valence-electron chi connectivity index (χ0n) is 16.6. The van der Waals surface area contributed by atoms with Crippen LogP contribution in [-0.4, -0.2) is 38.2 Å². The number of halogens is 4. The van der Waals surface area contributed by atoms with Gasteiger partial charge in [-0.2, -0.15) is 18.2 Å². The minimum atomic E-state index is -5.01. The molecule has 172 valence electrons. The Morgan fingerprint density at radius 1 is 1.28 bits per heavy atom. The number of hydrogen-bond acceptors (Lipinski definition) is 7. The van der Waals surface area contributed by atoms with E-state index in [1.165, 1.54) is 12.1 Å². The summed E-state index contributed by atoms with van der Waals surface area (Å²) in [5, 5.41) is 25.4. The van der Waals surface area contributed by atoms with E-state index in [-0.39, 0.29) is 5.69 Å². The summed E-state index contributed by atoms with van der Waals surface area (Å²) in [7, 11) is 0. The van der Waals surface area contributed by atoms with Crippen molar-refractivity contribution in [3.8, 4) is 5.75 Å². The number of isothiocyanates is 1. The van der Waals surface area contributed by atoms with Gasteiger partial charge in [-0.3, -0.25) is 14.9 Å². The molecule has 0 saturated carbocycles. The van der Waals surface area contributed by atoms with Crippen molar-refractivity contribution < 1.29 is 32.7 Å². The second-order valence-electron chi connectivity index (χ2n) is 6.20. The van der Waals surface area contributed by atoms with E-state index in [1.54, 1.807) is 12.1 Å². The normalized spacial score (nSPS) is 12.3. The van der Waals surface area contributed by atoms with Crippen molar-refractivity contribution in [1.82, 2.24) is 0 Å². The van der Waals surface area contributed by atoms with Crippen LogP contribution in [0.25, 0.3) is 0 Å². The lowest BCUT2D eigenvalue weighted by molar-refractivity contribution is -0.388. The number of nitro groups is 1. The number of thiocarbonyl (C=S) groups is 1. The Labute approximate surface area is 199 Å². The van der Waals surface area contributed by atoms with Gasteiger partial charge in [-0.25, -0.2) is 0 Å². The van der Waals surface area contributed by atoms with Gasteiger partial charge in [-0.1, -0.05) is 22.6 Å². The second kappa shape index (κ2) is 11.9. The van der Waals surface area contributed by atoms with Crippen molar-refractivity contribution in [3.05, 3.63) is 58.1 Å². The number of rotatable bonds is 7. The summed E-state index contributed by atoms with van der Waals surface area (Å²) in [6, 6.07) is 8.09. The lowest BCUT2D eigenvalue weighted by Crippen LogP contribution is -2.45. The summed E-state index contributed by atoms with van der Waals surface area (Å²) >= 11 is 6.63. The topological polar surface area (TPSA) is 114 Å². The monoisotopic (exact) mass is 581 g/mol. The van der Waals surface area contributed by atoms with Crippen molar-refractivity contribution in [2.45, 2.75) is 18.7 Å². The average molecular weight is 581 g/mol. The van der Waals surface area contributed by atoms with Gasteiger partial charge in [0.15, 0.2) is 5.60 Å². The van der Waals surface area contributed by atoms with Gasteiger partial charge in [0.2, 0.25) is 0 Å². The van der Waals surface area contributed by atoms with Crippen LogP contribution in [0.5, 0.6) is 5.75 Å². The summed E-state index contributed by atoms with van der Waals surface area (Å²) in [6.07, 6.45) is -5.01. The second-order valence-corrected chi connectivity index (χ2v) is 6.38. The van der Waals surface area contributed by atoms with Crippen LogP contribution in [0.3, 0.4) is 0 Å². The number of alkyl halides is 4. The van der Waals surface area contributed by atoms with Crippen LogP contribution in [0.15, 0.2) is 47.5 Å². The van der Waals surface area contributed by atoms with E-state index < -0.39 is 40.5 Å². The Kier molecular flexibility index (Phi) is 10.2. The fourth-order valence-electron chi connectivity index (χ4n) is 2.22. The van der Waals surface area contributed by atoms with Gasteiger partial charge in [-0.05, 0) is 60.5 Å². The van der Waals surface area contributed by atoms with Gasteiger partial charge in [0, 0.05) is 11.8 Å². The molecule has 1 atom stereocenters. The summed E-state index contributed by atoms with van der Waals surface area (Å²) in [6.45, 7) is 0.580. The highest BCUT2D eigenvalue weighted by Crippen LogP contribution is 2.37. The quantitative estimate of drug-likeness (QED) is 0.117. The minimum absolute atomic E-state index is 0.293. The predicted octanol–water partition coefficient (Wildman–Crippen LogP) is 5.17. The molecule has 0 aromatic heterocycles. The van der Waals surface area contributed by atoms with Gasteiger partial charge >= 0.3 is 6.18 Å². The van der Waals surface area contributed by atoms with Gasteiger partial charge in [0.1, 0.15) is 17.9 Å². The maximum atomic E-state index is 13.0. The third kappa shape index (κ3) is 7.82. The van der Waals surface area contributed by atoms with Crippen LogP contribution in [-0.2, 0) is 11.0 Å². The Morgan fingerprint density at radius 2 is 1.88 bits per heavy atom. The Balaban J connectivity index is 0.00000249. The number of benzene rings is 2. The number of amides is 1. The standard InChI is InChI=1S/C18H14F3N3O5S.CH3I/c1-17(26,9-29-13-5-2-11(3-6-13)22-10-30)16(25)23-12-4-7-15(24(27)28)14(8-12)18(19,20)21;1-2/h2-8,26H,9H2,1H3,(H,23,25);1H3/t17-;/m0./s1/i;2-2. The van der Waals surface area contributed by atoms with Gasteiger partial charge in [0.25, 0.3) is 11.6 Å². The molecule has 0 aliphatic carbocycles. The molecule has 0 fully saturated rings. The number of nitrogens with one attached hydrogen (secondary N) is 1. The van der Waals surface area contributed by atoms with E-state index in [4.69, 9.17) is 4.74 Å². The zero-order valence-corrected chi connectivity index (χ0v) is 19.6. The summed E-state index contributed by atoms with van der Waals surface area (Å²) in [4.78, 5) is 27.6. The first-order valence-electron chi connectivity index (χ1n) is 8.52. The molecule has 0 radical (unpaired) electrons. The number of nitro benzene ring substituents is 1. The zero-order chi connectivity index (χ0) is 24.5. The van der Waals surface area contributed by atoms with E-state index in [0.29, 0.717) is 23.6 Å². The number of ether oxygens (including phenoxy) is 1. The number of aliphatic hydroxyl groups is 1. The fourth-order valence-corrected chi connectivity index (χ4v) is 2.33. The van der Waals surface area contributed by atoms with Gasteiger partial charge < -0.3 is 15.2 Å². The number of carbonyl (C=O) groups is 1. The van der Waals surface area contributed by atoms with Crippen molar-refractivity contribution >= 4 is 62.9 Å². The third-order valence-corrected chi connectivity index (χ3v) is 3.87. The minimum Gasteiger partial charge on any atom is -0.490 e. The lowest BCUT2D eigenvalue weighted by Gasteiger charge is -2.23. The molecular weight excluding hydrogens is 564 g/mol. The van der Waals surface area contributed by atoms with E-state index >= 15 is 0 Å². The average Bonchev–Trinajstić information content (AvgIpc) is 2.74. The number of hydrogen-bond donors (Lipinski definition) is 2.